The molecule has 1 fully saturated rings. The SMILES string of the molecule is COC(=O)c1cc(OC)ccc1NC(=O)CN1C(=O)NC2(CCc3ccccc32)C1=O. The Balaban J connectivity index is 1.53. The van der Waals surface area contributed by atoms with Crippen LogP contribution < -0.4 is 15.4 Å². The van der Waals surface area contributed by atoms with Crippen LogP contribution in [0.4, 0.5) is 10.5 Å². The number of urea groups is 1. The summed E-state index contributed by atoms with van der Waals surface area (Å²) in [6, 6.07) is 11.3. The minimum Gasteiger partial charge on any atom is -0.497 e. The maximum absolute atomic E-state index is 13.2. The fourth-order valence-electron chi connectivity index (χ4n) is 4.10. The Hall–Kier alpha value is -3.88. The first-order valence-electron chi connectivity index (χ1n) is 9.68. The predicted octanol–water partition coefficient (Wildman–Crippen LogP) is 1.81. The van der Waals surface area contributed by atoms with E-state index < -0.39 is 35.9 Å². The van der Waals surface area contributed by atoms with Gasteiger partial charge in [-0.3, -0.25) is 14.5 Å². The molecule has 9 heteroatoms. The summed E-state index contributed by atoms with van der Waals surface area (Å²) in [5, 5.41) is 5.35. The van der Waals surface area contributed by atoms with Crippen molar-refractivity contribution in [3.05, 3.63) is 59.2 Å². The van der Waals surface area contributed by atoms with Crippen LogP contribution in [0.1, 0.15) is 27.9 Å². The van der Waals surface area contributed by atoms with Crippen molar-refractivity contribution in [2.75, 3.05) is 26.1 Å². The number of imide groups is 1. The highest BCUT2D eigenvalue weighted by molar-refractivity contribution is 6.11. The number of amides is 4. The molecule has 1 unspecified atom stereocenters. The number of carbonyl (C=O) groups is 4. The van der Waals surface area contributed by atoms with Crippen molar-refractivity contribution in [1.29, 1.82) is 0 Å². The van der Waals surface area contributed by atoms with Crippen LogP contribution >= 0.6 is 0 Å². The number of nitrogens with zero attached hydrogens (tertiary/aromatic N) is 1. The third-order valence-electron chi connectivity index (χ3n) is 5.63. The summed E-state index contributed by atoms with van der Waals surface area (Å²) in [5.74, 6) is -1.33. The number of benzene rings is 2. The minimum absolute atomic E-state index is 0.0913. The van der Waals surface area contributed by atoms with E-state index >= 15 is 0 Å². The molecule has 0 aromatic heterocycles. The molecule has 2 N–H and O–H groups in total. The van der Waals surface area contributed by atoms with Crippen molar-refractivity contribution in [1.82, 2.24) is 10.2 Å². The van der Waals surface area contributed by atoms with Gasteiger partial charge in [0.2, 0.25) is 5.91 Å². The Morgan fingerprint density at radius 1 is 1.16 bits per heavy atom. The monoisotopic (exact) mass is 423 g/mol. The van der Waals surface area contributed by atoms with Crippen LogP contribution in [-0.2, 0) is 26.3 Å². The lowest BCUT2D eigenvalue weighted by molar-refractivity contribution is -0.134. The number of hydrogen-bond donors (Lipinski definition) is 2. The molecular formula is C22H21N3O6. The van der Waals surface area contributed by atoms with Gasteiger partial charge >= 0.3 is 12.0 Å². The van der Waals surface area contributed by atoms with Gasteiger partial charge < -0.3 is 20.1 Å². The Morgan fingerprint density at radius 2 is 1.94 bits per heavy atom. The summed E-state index contributed by atoms with van der Waals surface area (Å²) in [5.41, 5.74) is 0.910. The smallest absolute Gasteiger partial charge is 0.340 e. The number of methoxy groups -OCH3 is 2. The van der Waals surface area contributed by atoms with E-state index in [1.807, 2.05) is 24.3 Å². The largest absolute Gasteiger partial charge is 0.497 e. The number of hydrogen-bond acceptors (Lipinski definition) is 6. The van der Waals surface area contributed by atoms with Crippen molar-refractivity contribution in [2.24, 2.45) is 0 Å². The Labute approximate surface area is 178 Å². The van der Waals surface area contributed by atoms with E-state index in [9.17, 15) is 19.2 Å². The highest BCUT2D eigenvalue weighted by Crippen LogP contribution is 2.41. The van der Waals surface area contributed by atoms with Gasteiger partial charge in [0.05, 0.1) is 25.5 Å². The van der Waals surface area contributed by atoms with E-state index in [-0.39, 0.29) is 11.3 Å². The molecule has 1 atom stereocenters. The van der Waals surface area contributed by atoms with Crippen molar-refractivity contribution < 1.29 is 28.7 Å². The second-order valence-corrected chi connectivity index (χ2v) is 7.34. The molecule has 1 spiro atoms. The Bertz CT molecular complexity index is 1100. The van der Waals surface area contributed by atoms with Crippen LogP contribution in [0.2, 0.25) is 0 Å². The van der Waals surface area contributed by atoms with Gasteiger partial charge in [0.1, 0.15) is 17.8 Å². The maximum atomic E-state index is 13.2. The molecule has 0 saturated carbocycles. The lowest BCUT2D eigenvalue weighted by Crippen LogP contribution is -2.43. The van der Waals surface area contributed by atoms with E-state index in [4.69, 9.17) is 9.47 Å². The molecule has 1 aliphatic heterocycles. The normalized spacial score (nSPS) is 19.2. The number of esters is 1. The lowest BCUT2D eigenvalue weighted by atomic mass is 9.92. The average Bonchev–Trinajstić information content (AvgIpc) is 3.26. The fraction of sp³-hybridized carbons (Fsp3) is 0.273. The van der Waals surface area contributed by atoms with Crippen molar-refractivity contribution in [3.8, 4) is 5.75 Å². The maximum Gasteiger partial charge on any atom is 0.340 e. The number of fused-ring (bicyclic) bond motifs is 2. The molecule has 4 rings (SSSR count). The predicted molar refractivity (Wildman–Crippen MR) is 110 cm³/mol. The number of nitrogens with one attached hydrogen (secondary N) is 2. The summed E-state index contributed by atoms with van der Waals surface area (Å²) in [6.45, 7) is -0.485. The highest BCUT2D eigenvalue weighted by atomic mass is 16.5. The fourth-order valence-corrected chi connectivity index (χ4v) is 4.10. The summed E-state index contributed by atoms with van der Waals surface area (Å²) in [7, 11) is 2.67. The number of ether oxygens (including phenoxy) is 2. The van der Waals surface area contributed by atoms with Crippen molar-refractivity contribution in [3.63, 3.8) is 0 Å². The van der Waals surface area contributed by atoms with Crippen molar-refractivity contribution in [2.45, 2.75) is 18.4 Å². The molecule has 0 bridgehead atoms. The first-order valence-corrected chi connectivity index (χ1v) is 9.68. The van der Waals surface area contributed by atoms with Crippen LogP contribution in [0.25, 0.3) is 0 Å². The second kappa shape index (κ2) is 7.75. The lowest BCUT2D eigenvalue weighted by Gasteiger charge is -2.22. The molecule has 1 heterocycles. The minimum atomic E-state index is -1.13. The molecule has 1 aliphatic carbocycles. The zero-order chi connectivity index (χ0) is 22.2. The van der Waals surface area contributed by atoms with E-state index in [2.05, 4.69) is 10.6 Å². The van der Waals surface area contributed by atoms with E-state index in [1.54, 1.807) is 6.07 Å². The highest BCUT2D eigenvalue weighted by Gasteiger charge is 2.55. The molecule has 160 valence electrons. The molecule has 2 aromatic rings. The van der Waals surface area contributed by atoms with Crippen LogP contribution in [0.15, 0.2) is 42.5 Å². The second-order valence-electron chi connectivity index (χ2n) is 7.34. The Morgan fingerprint density at radius 3 is 2.68 bits per heavy atom. The van der Waals surface area contributed by atoms with Crippen molar-refractivity contribution >= 4 is 29.5 Å². The third-order valence-corrected chi connectivity index (χ3v) is 5.63. The topological polar surface area (TPSA) is 114 Å². The van der Waals surface area contributed by atoms with Crippen LogP contribution in [0.3, 0.4) is 0 Å². The molecule has 4 amide bonds. The molecule has 1 saturated heterocycles. The van der Waals surface area contributed by atoms with Crippen LogP contribution in [0, 0.1) is 0 Å². The van der Waals surface area contributed by atoms with E-state index in [1.165, 1.54) is 26.4 Å². The Kier molecular flexibility index (Phi) is 5.10. The quantitative estimate of drug-likeness (QED) is 0.560. The summed E-state index contributed by atoms with van der Waals surface area (Å²) in [6.07, 6.45) is 1.11. The molecule has 2 aromatic carbocycles. The zero-order valence-electron chi connectivity index (χ0n) is 17.1. The van der Waals surface area contributed by atoms with Gasteiger partial charge in [-0.25, -0.2) is 9.59 Å². The van der Waals surface area contributed by atoms with Gasteiger partial charge in [0.25, 0.3) is 5.91 Å². The number of aryl methyl sites for hydroxylation is 1. The molecule has 9 nitrogen and oxygen atoms in total. The number of carbonyl (C=O) groups excluding carboxylic acids is 4. The van der Waals surface area contributed by atoms with Gasteiger partial charge in [-0.2, -0.15) is 0 Å². The summed E-state index contributed by atoms with van der Waals surface area (Å²) in [4.78, 5) is 51.4. The zero-order valence-corrected chi connectivity index (χ0v) is 17.1. The molecule has 0 radical (unpaired) electrons. The summed E-state index contributed by atoms with van der Waals surface area (Å²) < 4.78 is 9.85. The third kappa shape index (κ3) is 3.37. The molecule has 2 aliphatic rings. The van der Waals surface area contributed by atoms with Gasteiger partial charge in [0.15, 0.2) is 0 Å². The van der Waals surface area contributed by atoms with Gasteiger partial charge in [-0.15, -0.1) is 0 Å². The van der Waals surface area contributed by atoms with Gasteiger partial charge in [-0.05, 0) is 42.2 Å². The number of anilines is 1. The van der Waals surface area contributed by atoms with Gasteiger partial charge in [-0.1, -0.05) is 24.3 Å². The van der Waals surface area contributed by atoms with Gasteiger partial charge in [0, 0.05) is 0 Å². The standard InChI is InChI=1S/C22H21N3O6/c1-30-14-7-8-17(15(11-14)19(27)31-2)23-18(26)12-25-20(28)22(24-21(25)29)10-9-13-5-3-4-6-16(13)22/h3-8,11H,9-10,12H2,1-2H3,(H,23,26)(H,24,29). The summed E-state index contributed by atoms with van der Waals surface area (Å²) >= 11 is 0. The van der Waals surface area contributed by atoms with E-state index in [0.29, 0.717) is 18.6 Å². The average molecular weight is 423 g/mol. The van der Waals surface area contributed by atoms with E-state index in [0.717, 1.165) is 16.0 Å². The first kappa shape index (κ1) is 20.4. The molecular weight excluding hydrogens is 402 g/mol. The van der Waals surface area contributed by atoms with Crippen LogP contribution in [-0.4, -0.2) is 49.5 Å². The number of rotatable bonds is 5. The molecule has 31 heavy (non-hydrogen) atoms. The van der Waals surface area contributed by atoms with Crippen LogP contribution in [0.5, 0.6) is 5.75 Å². The first-order chi connectivity index (χ1) is 14.9.